The minimum absolute atomic E-state index is 0.0990. The van der Waals surface area contributed by atoms with Crippen molar-refractivity contribution in [2.75, 3.05) is 14.2 Å². The van der Waals surface area contributed by atoms with Crippen molar-refractivity contribution >= 4 is 0 Å². The van der Waals surface area contributed by atoms with Crippen molar-refractivity contribution in [2.45, 2.75) is 45.1 Å². The van der Waals surface area contributed by atoms with E-state index in [1.807, 2.05) is 18.2 Å². The molecule has 1 unspecified atom stereocenters. The highest BCUT2D eigenvalue weighted by Crippen LogP contribution is 2.36. The zero-order valence-corrected chi connectivity index (χ0v) is 12.2. The third-order valence-electron chi connectivity index (χ3n) is 3.36. The SMILES string of the molecule is CCCCCCC(NN)c1cccc(OC)c1OC. The topological polar surface area (TPSA) is 56.5 Å². The first-order valence-corrected chi connectivity index (χ1v) is 6.95. The summed E-state index contributed by atoms with van der Waals surface area (Å²) in [5, 5.41) is 0. The van der Waals surface area contributed by atoms with Crippen LogP contribution >= 0.6 is 0 Å². The molecule has 108 valence electrons. The van der Waals surface area contributed by atoms with Gasteiger partial charge in [-0.1, -0.05) is 44.7 Å². The van der Waals surface area contributed by atoms with Crippen LogP contribution in [0.4, 0.5) is 0 Å². The molecule has 4 nitrogen and oxygen atoms in total. The summed E-state index contributed by atoms with van der Waals surface area (Å²) in [5.41, 5.74) is 3.94. The molecule has 0 saturated carbocycles. The average Bonchev–Trinajstić information content (AvgIpc) is 2.46. The number of ether oxygens (including phenoxy) is 2. The van der Waals surface area contributed by atoms with Gasteiger partial charge in [0.2, 0.25) is 0 Å². The summed E-state index contributed by atoms with van der Waals surface area (Å²) in [6.45, 7) is 2.21. The Bertz CT molecular complexity index is 369. The molecule has 0 aliphatic carbocycles. The van der Waals surface area contributed by atoms with Gasteiger partial charge in [0.05, 0.1) is 14.2 Å². The van der Waals surface area contributed by atoms with Gasteiger partial charge in [-0.05, 0) is 12.5 Å². The lowest BCUT2D eigenvalue weighted by atomic mass is 9.99. The van der Waals surface area contributed by atoms with Crippen LogP contribution in [0.15, 0.2) is 18.2 Å². The summed E-state index contributed by atoms with van der Waals surface area (Å²) >= 11 is 0. The molecule has 0 spiro atoms. The fraction of sp³-hybridized carbons (Fsp3) is 0.600. The highest BCUT2D eigenvalue weighted by atomic mass is 16.5. The van der Waals surface area contributed by atoms with Gasteiger partial charge in [-0.25, -0.2) is 0 Å². The Balaban J connectivity index is 2.79. The van der Waals surface area contributed by atoms with Crippen molar-refractivity contribution < 1.29 is 9.47 Å². The highest BCUT2D eigenvalue weighted by Gasteiger charge is 2.17. The molecule has 1 aromatic carbocycles. The smallest absolute Gasteiger partial charge is 0.165 e. The van der Waals surface area contributed by atoms with Crippen LogP contribution in [0.3, 0.4) is 0 Å². The standard InChI is InChI=1S/C15H26N2O2/c1-4-5-6-7-10-13(17-16)12-9-8-11-14(18-2)15(12)19-3/h8-9,11,13,17H,4-7,10,16H2,1-3H3. The lowest BCUT2D eigenvalue weighted by Gasteiger charge is -2.20. The van der Waals surface area contributed by atoms with Crippen molar-refractivity contribution in [3.63, 3.8) is 0 Å². The third kappa shape index (κ3) is 4.40. The number of para-hydroxylation sites is 1. The molecule has 0 aromatic heterocycles. The summed E-state index contributed by atoms with van der Waals surface area (Å²) in [6.07, 6.45) is 5.90. The number of rotatable bonds is 9. The summed E-state index contributed by atoms with van der Waals surface area (Å²) in [4.78, 5) is 0. The van der Waals surface area contributed by atoms with Crippen LogP contribution < -0.4 is 20.7 Å². The fourth-order valence-electron chi connectivity index (χ4n) is 2.29. The molecule has 0 radical (unpaired) electrons. The number of hydrogen-bond acceptors (Lipinski definition) is 4. The van der Waals surface area contributed by atoms with Crippen LogP contribution in [0.1, 0.15) is 50.6 Å². The van der Waals surface area contributed by atoms with Crippen molar-refractivity contribution in [3.8, 4) is 11.5 Å². The Hall–Kier alpha value is -1.26. The minimum atomic E-state index is 0.0990. The number of nitrogens with one attached hydrogen (secondary N) is 1. The maximum absolute atomic E-state index is 5.69. The molecular formula is C15H26N2O2. The van der Waals surface area contributed by atoms with Gasteiger partial charge in [0.15, 0.2) is 11.5 Å². The molecule has 19 heavy (non-hydrogen) atoms. The zero-order chi connectivity index (χ0) is 14.1. The Kier molecular flexibility index (Phi) is 7.30. The first kappa shape index (κ1) is 15.8. The van der Waals surface area contributed by atoms with Gasteiger partial charge in [0.1, 0.15) is 0 Å². The van der Waals surface area contributed by atoms with E-state index in [4.69, 9.17) is 15.3 Å². The van der Waals surface area contributed by atoms with Gasteiger partial charge < -0.3 is 9.47 Å². The largest absolute Gasteiger partial charge is 0.493 e. The predicted octanol–water partition coefficient (Wildman–Crippen LogP) is 3.18. The van der Waals surface area contributed by atoms with Crippen molar-refractivity contribution in [3.05, 3.63) is 23.8 Å². The Labute approximate surface area is 116 Å². The molecule has 0 bridgehead atoms. The summed E-state index contributed by atoms with van der Waals surface area (Å²) in [6, 6.07) is 5.99. The van der Waals surface area contributed by atoms with E-state index in [0.717, 1.165) is 29.9 Å². The monoisotopic (exact) mass is 266 g/mol. The van der Waals surface area contributed by atoms with E-state index < -0.39 is 0 Å². The van der Waals surface area contributed by atoms with E-state index in [9.17, 15) is 0 Å². The Morgan fingerprint density at radius 3 is 2.53 bits per heavy atom. The Morgan fingerprint density at radius 1 is 1.16 bits per heavy atom. The fourth-order valence-corrected chi connectivity index (χ4v) is 2.29. The van der Waals surface area contributed by atoms with Crippen LogP contribution in [-0.2, 0) is 0 Å². The number of nitrogens with two attached hydrogens (primary N) is 1. The van der Waals surface area contributed by atoms with E-state index in [2.05, 4.69) is 12.3 Å². The molecular weight excluding hydrogens is 240 g/mol. The average molecular weight is 266 g/mol. The van der Waals surface area contributed by atoms with Gasteiger partial charge in [-0.3, -0.25) is 11.3 Å². The lowest BCUT2D eigenvalue weighted by molar-refractivity contribution is 0.344. The number of benzene rings is 1. The second kappa shape index (κ2) is 8.77. The van der Waals surface area contributed by atoms with Crippen molar-refractivity contribution in [2.24, 2.45) is 5.84 Å². The van der Waals surface area contributed by atoms with Crippen LogP contribution in [0.25, 0.3) is 0 Å². The van der Waals surface area contributed by atoms with Gasteiger partial charge in [0, 0.05) is 11.6 Å². The van der Waals surface area contributed by atoms with E-state index in [0.29, 0.717) is 0 Å². The summed E-state index contributed by atoms with van der Waals surface area (Å²) in [7, 11) is 3.31. The first-order chi connectivity index (χ1) is 9.28. The van der Waals surface area contributed by atoms with E-state index in [-0.39, 0.29) is 6.04 Å². The minimum Gasteiger partial charge on any atom is -0.493 e. The molecule has 0 fully saturated rings. The predicted molar refractivity (Wildman–Crippen MR) is 78.4 cm³/mol. The van der Waals surface area contributed by atoms with Gasteiger partial charge in [-0.15, -0.1) is 0 Å². The summed E-state index contributed by atoms with van der Waals surface area (Å²) < 4.78 is 10.8. The van der Waals surface area contributed by atoms with Gasteiger partial charge >= 0.3 is 0 Å². The molecule has 3 N–H and O–H groups in total. The Morgan fingerprint density at radius 2 is 1.95 bits per heavy atom. The number of hydrogen-bond donors (Lipinski definition) is 2. The van der Waals surface area contributed by atoms with Crippen LogP contribution in [0, 0.1) is 0 Å². The number of methoxy groups -OCH3 is 2. The normalized spacial score (nSPS) is 12.2. The molecule has 1 atom stereocenters. The van der Waals surface area contributed by atoms with E-state index >= 15 is 0 Å². The second-order valence-electron chi connectivity index (χ2n) is 4.65. The van der Waals surface area contributed by atoms with Crippen molar-refractivity contribution in [1.29, 1.82) is 0 Å². The second-order valence-corrected chi connectivity index (χ2v) is 4.65. The van der Waals surface area contributed by atoms with Crippen LogP contribution in [-0.4, -0.2) is 14.2 Å². The molecule has 1 aromatic rings. The molecule has 4 heteroatoms. The van der Waals surface area contributed by atoms with Crippen LogP contribution in [0.2, 0.25) is 0 Å². The quantitative estimate of drug-likeness (QED) is 0.409. The molecule has 0 heterocycles. The molecule has 0 saturated heterocycles. The molecule has 1 rings (SSSR count). The highest BCUT2D eigenvalue weighted by molar-refractivity contribution is 5.48. The van der Waals surface area contributed by atoms with Crippen molar-refractivity contribution in [1.82, 2.24) is 5.43 Å². The zero-order valence-electron chi connectivity index (χ0n) is 12.2. The molecule has 0 aliphatic heterocycles. The first-order valence-electron chi connectivity index (χ1n) is 6.95. The van der Waals surface area contributed by atoms with Crippen LogP contribution in [0.5, 0.6) is 11.5 Å². The summed E-state index contributed by atoms with van der Waals surface area (Å²) in [5.74, 6) is 7.20. The third-order valence-corrected chi connectivity index (χ3v) is 3.36. The van der Waals surface area contributed by atoms with Gasteiger partial charge in [0.25, 0.3) is 0 Å². The van der Waals surface area contributed by atoms with Gasteiger partial charge in [-0.2, -0.15) is 0 Å². The lowest BCUT2D eigenvalue weighted by Crippen LogP contribution is -2.28. The van der Waals surface area contributed by atoms with E-state index in [1.54, 1.807) is 14.2 Å². The maximum atomic E-state index is 5.69. The number of unbranched alkanes of at least 4 members (excludes halogenated alkanes) is 3. The number of hydrazine groups is 1. The molecule has 0 amide bonds. The molecule has 0 aliphatic rings. The maximum Gasteiger partial charge on any atom is 0.165 e. The van der Waals surface area contributed by atoms with E-state index in [1.165, 1.54) is 19.3 Å².